The topological polar surface area (TPSA) is 85.2 Å². The number of pyridine rings is 1. The Hall–Kier alpha value is -3.69. The summed E-state index contributed by atoms with van der Waals surface area (Å²) in [6.07, 6.45) is 3.07. The summed E-state index contributed by atoms with van der Waals surface area (Å²) in [5, 5.41) is 3.20. The highest BCUT2D eigenvalue weighted by Gasteiger charge is 2.55. The van der Waals surface area contributed by atoms with Crippen molar-refractivity contribution in [2.24, 2.45) is 5.92 Å². The maximum Gasteiger partial charge on any atom is 0.410 e. The van der Waals surface area contributed by atoms with Crippen molar-refractivity contribution >= 4 is 17.6 Å². The van der Waals surface area contributed by atoms with E-state index in [1.54, 1.807) is 28.5 Å². The van der Waals surface area contributed by atoms with E-state index in [-0.39, 0.29) is 30.1 Å². The van der Waals surface area contributed by atoms with Gasteiger partial charge in [0.1, 0.15) is 29.5 Å². The molecule has 0 spiro atoms. The summed E-state index contributed by atoms with van der Waals surface area (Å²) in [6, 6.07) is 5.37. The Labute approximate surface area is 219 Å². The van der Waals surface area contributed by atoms with Crippen LogP contribution in [-0.4, -0.2) is 50.5 Å². The van der Waals surface area contributed by atoms with Crippen LogP contribution in [0.1, 0.15) is 60.9 Å². The number of carbonyl (C=O) groups is 2. The van der Waals surface area contributed by atoms with E-state index in [1.165, 1.54) is 18.2 Å². The summed E-state index contributed by atoms with van der Waals surface area (Å²) in [5.74, 6) is -1.23. The van der Waals surface area contributed by atoms with Gasteiger partial charge in [-0.3, -0.25) is 9.20 Å². The molecular formula is C28H32F2N4O4. The van der Waals surface area contributed by atoms with Crippen molar-refractivity contribution < 1.29 is 27.8 Å². The number of nitrogens with zero attached hydrogens (tertiary/aromatic N) is 3. The Bertz CT molecular complexity index is 1410. The molecule has 2 atom stereocenters. The first kappa shape index (κ1) is 25.9. The average Bonchev–Trinajstić information content (AvgIpc) is 3.26. The van der Waals surface area contributed by atoms with Crippen LogP contribution >= 0.6 is 0 Å². The van der Waals surface area contributed by atoms with Crippen LogP contribution < -0.4 is 10.1 Å². The zero-order valence-electron chi connectivity index (χ0n) is 22.2. The number of rotatable bonds is 5. The molecule has 1 saturated heterocycles. The fourth-order valence-corrected chi connectivity index (χ4v) is 5.35. The number of nitrogens with one attached hydrogen (secondary N) is 1. The predicted molar refractivity (Wildman–Crippen MR) is 136 cm³/mol. The molecule has 0 bridgehead atoms. The summed E-state index contributed by atoms with van der Waals surface area (Å²) in [6.45, 7) is 9.64. The first-order chi connectivity index (χ1) is 17.9. The van der Waals surface area contributed by atoms with E-state index in [2.05, 4.69) is 10.3 Å². The van der Waals surface area contributed by atoms with Crippen LogP contribution in [0, 0.1) is 31.4 Å². The Morgan fingerprint density at radius 1 is 1.21 bits per heavy atom. The van der Waals surface area contributed by atoms with Gasteiger partial charge >= 0.3 is 6.09 Å². The Morgan fingerprint density at radius 3 is 2.55 bits per heavy atom. The van der Waals surface area contributed by atoms with Crippen LogP contribution in [0.3, 0.4) is 0 Å². The monoisotopic (exact) mass is 526 g/mol. The number of hydrogen-bond donors (Lipinski definition) is 1. The fraction of sp³-hybridized carbons (Fsp3) is 0.464. The Balaban J connectivity index is 1.38. The van der Waals surface area contributed by atoms with Gasteiger partial charge in [-0.2, -0.15) is 0 Å². The summed E-state index contributed by atoms with van der Waals surface area (Å²) < 4.78 is 41.2. The van der Waals surface area contributed by atoms with Gasteiger partial charge in [-0.15, -0.1) is 0 Å². The zero-order valence-corrected chi connectivity index (χ0v) is 22.2. The number of benzene rings is 1. The third-order valence-corrected chi connectivity index (χ3v) is 7.29. The van der Waals surface area contributed by atoms with E-state index < -0.39 is 22.8 Å². The minimum atomic E-state index is -0.695. The highest BCUT2D eigenvalue weighted by molar-refractivity contribution is 5.95. The lowest BCUT2D eigenvalue weighted by Gasteiger charge is -2.44. The number of carbonyl (C=O) groups excluding carboxylic acids is 2. The normalized spacial score (nSPS) is 20.7. The minimum absolute atomic E-state index is 0.148. The van der Waals surface area contributed by atoms with E-state index in [1.807, 2.05) is 27.7 Å². The smallest absolute Gasteiger partial charge is 0.410 e. The molecule has 2 fully saturated rings. The van der Waals surface area contributed by atoms with Gasteiger partial charge in [-0.25, -0.2) is 18.6 Å². The predicted octanol–water partition coefficient (Wildman–Crippen LogP) is 4.94. The molecule has 10 heteroatoms. The Morgan fingerprint density at radius 2 is 1.92 bits per heavy atom. The molecule has 1 aromatic carbocycles. The van der Waals surface area contributed by atoms with E-state index in [0.717, 1.165) is 18.4 Å². The third-order valence-electron chi connectivity index (χ3n) is 7.29. The molecule has 5 rings (SSSR count). The van der Waals surface area contributed by atoms with Crippen LogP contribution in [0.15, 0.2) is 30.5 Å². The van der Waals surface area contributed by atoms with Gasteiger partial charge in [-0.1, -0.05) is 6.07 Å². The summed E-state index contributed by atoms with van der Waals surface area (Å²) in [7, 11) is 0. The van der Waals surface area contributed by atoms with Gasteiger partial charge in [-0.05, 0) is 71.2 Å². The molecule has 0 radical (unpaired) electrons. The lowest BCUT2D eigenvalue weighted by Crippen LogP contribution is -2.60. The molecule has 1 aliphatic heterocycles. The first-order valence-corrected chi connectivity index (χ1v) is 12.7. The zero-order chi connectivity index (χ0) is 27.4. The first-order valence-electron chi connectivity index (χ1n) is 12.7. The fourth-order valence-electron chi connectivity index (χ4n) is 5.35. The van der Waals surface area contributed by atoms with Crippen molar-refractivity contribution in [3.63, 3.8) is 0 Å². The van der Waals surface area contributed by atoms with Crippen molar-refractivity contribution in [1.29, 1.82) is 0 Å². The number of aromatic nitrogens is 2. The summed E-state index contributed by atoms with van der Waals surface area (Å²) >= 11 is 0. The van der Waals surface area contributed by atoms with Crippen LogP contribution in [0.5, 0.6) is 5.75 Å². The number of amides is 2. The quantitative estimate of drug-likeness (QED) is 0.509. The highest BCUT2D eigenvalue weighted by Crippen LogP contribution is 2.45. The van der Waals surface area contributed by atoms with Crippen LogP contribution in [0.2, 0.25) is 0 Å². The second-order valence-electron chi connectivity index (χ2n) is 11.3. The summed E-state index contributed by atoms with van der Waals surface area (Å²) in [5.41, 5.74) is 0.697. The van der Waals surface area contributed by atoms with Crippen LogP contribution in [0.25, 0.3) is 5.65 Å². The van der Waals surface area contributed by atoms with Gasteiger partial charge in [0.05, 0.1) is 16.8 Å². The lowest BCUT2D eigenvalue weighted by atomic mass is 9.69. The number of aryl methyl sites for hydroxylation is 2. The van der Waals surface area contributed by atoms with Crippen molar-refractivity contribution in [2.75, 3.05) is 13.1 Å². The standard InChI is InChI=1S/C28H32F2N4O4/c1-16-11-22(37-14-19-20(29)7-6-8-21(19)30)24-31-17(2)23(34(24)12-16)25(35)32-28-10-9-18(28)13-33(15-28)26(36)38-27(3,4)5/h6-8,11-12,18H,9-10,13-15H2,1-5H3,(H,32,35). The summed E-state index contributed by atoms with van der Waals surface area (Å²) in [4.78, 5) is 32.5. The molecule has 2 aromatic heterocycles. The molecular weight excluding hydrogens is 494 g/mol. The average molecular weight is 527 g/mol. The number of halogens is 2. The van der Waals surface area contributed by atoms with Gasteiger partial charge in [0, 0.05) is 25.2 Å². The van der Waals surface area contributed by atoms with Crippen LogP contribution in [-0.2, 0) is 11.3 Å². The number of likely N-dealkylation sites (tertiary alicyclic amines) is 1. The molecule has 1 N–H and O–H groups in total. The van der Waals surface area contributed by atoms with E-state index in [9.17, 15) is 18.4 Å². The molecule has 3 heterocycles. The Kier molecular flexibility index (Phi) is 6.31. The molecule has 1 aliphatic carbocycles. The minimum Gasteiger partial charge on any atom is -0.485 e. The molecule has 2 unspecified atom stereocenters. The molecule has 202 valence electrons. The van der Waals surface area contributed by atoms with Crippen molar-refractivity contribution in [2.45, 2.75) is 65.2 Å². The van der Waals surface area contributed by atoms with Gasteiger partial charge < -0.3 is 19.7 Å². The maximum absolute atomic E-state index is 14.1. The molecule has 3 aromatic rings. The second-order valence-corrected chi connectivity index (χ2v) is 11.3. The molecule has 1 saturated carbocycles. The van der Waals surface area contributed by atoms with Gasteiger partial charge in [0.25, 0.3) is 5.91 Å². The lowest BCUT2D eigenvalue weighted by molar-refractivity contribution is 0.0280. The number of fused-ring (bicyclic) bond motifs is 2. The number of imidazole rings is 1. The molecule has 8 nitrogen and oxygen atoms in total. The second kappa shape index (κ2) is 9.25. The largest absolute Gasteiger partial charge is 0.485 e. The molecule has 2 aliphatic rings. The molecule has 38 heavy (non-hydrogen) atoms. The highest BCUT2D eigenvalue weighted by atomic mass is 19.1. The number of hydrogen-bond acceptors (Lipinski definition) is 5. The van der Waals surface area contributed by atoms with E-state index in [4.69, 9.17) is 9.47 Å². The van der Waals surface area contributed by atoms with Crippen molar-refractivity contribution in [3.05, 3.63) is 64.6 Å². The van der Waals surface area contributed by atoms with E-state index in [0.29, 0.717) is 35.9 Å². The number of ether oxygens (including phenoxy) is 2. The maximum atomic E-state index is 14.1. The van der Waals surface area contributed by atoms with Gasteiger partial charge in [0.2, 0.25) is 0 Å². The molecule has 2 amide bonds. The SMILES string of the molecule is Cc1cc(OCc2c(F)cccc2F)c2nc(C)c(C(=O)NC34CCC3CN(C(=O)OC(C)(C)C)C4)n2c1. The van der Waals surface area contributed by atoms with Crippen molar-refractivity contribution in [3.8, 4) is 5.75 Å². The van der Waals surface area contributed by atoms with Crippen molar-refractivity contribution in [1.82, 2.24) is 19.6 Å². The van der Waals surface area contributed by atoms with E-state index >= 15 is 0 Å². The van der Waals surface area contributed by atoms with Gasteiger partial charge in [0.15, 0.2) is 11.4 Å². The van der Waals surface area contributed by atoms with Crippen LogP contribution in [0.4, 0.5) is 13.6 Å². The third kappa shape index (κ3) is 4.68.